The van der Waals surface area contributed by atoms with Gasteiger partial charge in [-0.15, -0.1) is 0 Å². The molecular weight excluding hydrogens is 281 g/mol. The van der Waals surface area contributed by atoms with E-state index in [1.54, 1.807) is 19.2 Å². The summed E-state index contributed by atoms with van der Waals surface area (Å²) in [5.74, 6) is 0.579. The smallest absolute Gasteiger partial charge is 0.138 e. The fourth-order valence-corrected chi connectivity index (χ4v) is 1.80. The molecule has 0 aliphatic carbocycles. The van der Waals surface area contributed by atoms with E-state index in [4.69, 9.17) is 16.3 Å². The second kappa shape index (κ2) is 6.33. The lowest BCUT2D eigenvalue weighted by atomic mass is 10.3. The zero-order chi connectivity index (χ0) is 11.3. The van der Waals surface area contributed by atoms with E-state index in [0.29, 0.717) is 17.3 Å². The number of hydrogen-bond acceptors (Lipinski definition) is 3. The van der Waals surface area contributed by atoms with Crippen LogP contribution in [0, 0.1) is 0 Å². The summed E-state index contributed by atoms with van der Waals surface area (Å²) in [6.07, 6.45) is -0.533. The molecular formula is C10H13BrClNO2. The Labute approximate surface area is 103 Å². The van der Waals surface area contributed by atoms with Gasteiger partial charge >= 0.3 is 0 Å². The van der Waals surface area contributed by atoms with Gasteiger partial charge in [0.05, 0.1) is 5.02 Å². The molecule has 0 aromatic heterocycles. The highest BCUT2D eigenvalue weighted by atomic mass is 79.9. The molecule has 5 heteroatoms. The molecule has 1 aromatic carbocycles. The van der Waals surface area contributed by atoms with E-state index < -0.39 is 6.10 Å². The molecule has 0 saturated carbocycles. The Morgan fingerprint density at radius 2 is 2.33 bits per heavy atom. The molecule has 0 bridgehead atoms. The van der Waals surface area contributed by atoms with Gasteiger partial charge in [-0.25, -0.2) is 0 Å². The van der Waals surface area contributed by atoms with Crippen LogP contribution in [0.15, 0.2) is 22.7 Å². The van der Waals surface area contributed by atoms with Gasteiger partial charge in [0.15, 0.2) is 0 Å². The Morgan fingerprint density at radius 3 is 2.93 bits per heavy atom. The number of rotatable bonds is 5. The molecule has 0 amide bonds. The summed E-state index contributed by atoms with van der Waals surface area (Å²) in [7, 11) is 1.77. The summed E-state index contributed by atoms with van der Waals surface area (Å²) in [6.45, 7) is 0.719. The van der Waals surface area contributed by atoms with Crippen LogP contribution in [0.2, 0.25) is 5.02 Å². The molecule has 15 heavy (non-hydrogen) atoms. The van der Waals surface area contributed by atoms with Gasteiger partial charge in [0.1, 0.15) is 18.5 Å². The molecule has 0 spiro atoms. The lowest BCUT2D eigenvalue weighted by Crippen LogP contribution is -2.29. The highest BCUT2D eigenvalue weighted by molar-refractivity contribution is 9.10. The molecule has 0 aliphatic rings. The van der Waals surface area contributed by atoms with Crippen molar-refractivity contribution in [1.82, 2.24) is 5.32 Å². The Balaban J connectivity index is 2.50. The topological polar surface area (TPSA) is 41.5 Å². The zero-order valence-corrected chi connectivity index (χ0v) is 10.7. The predicted molar refractivity (Wildman–Crippen MR) is 64.6 cm³/mol. The van der Waals surface area contributed by atoms with Crippen LogP contribution in [0.3, 0.4) is 0 Å². The molecule has 0 saturated heterocycles. The molecule has 2 N–H and O–H groups in total. The third kappa shape index (κ3) is 4.38. The van der Waals surface area contributed by atoms with Crippen LogP contribution in [0.25, 0.3) is 0 Å². The molecule has 1 atom stereocenters. The summed E-state index contributed by atoms with van der Waals surface area (Å²) < 4.78 is 6.26. The number of ether oxygens (including phenoxy) is 1. The van der Waals surface area contributed by atoms with Crippen molar-refractivity contribution in [3.63, 3.8) is 0 Å². The van der Waals surface area contributed by atoms with Crippen LogP contribution in [0.4, 0.5) is 0 Å². The second-order valence-electron chi connectivity index (χ2n) is 3.10. The van der Waals surface area contributed by atoms with Crippen molar-refractivity contribution >= 4 is 27.5 Å². The molecule has 1 unspecified atom stereocenters. The minimum Gasteiger partial charge on any atom is -0.489 e. The predicted octanol–water partition coefficient (Wildman–Crippen LogP) is 2.06. The molecule has 0 heterocycles. The minimum absolute atomic E-state index is 0.224. The van der Waals surface area contributed by atoms with E-state index in [2.05, 4.69) is 21.2 Å². The van der Waals surface area contributed by atoms with Crippen molar-refractivity contribution in [3.05, 3.63) is 27.7 Å². The average Bonchev–Trinajstić information content (AvgIpc) is 2.17. The SMILES string of the molecule is CNCC(O)COc1ccc(Br)cc1Cl. The van der Waals surface area contributed by atoms with Crippen molar-refractivity contribution < 1.29 is 9.84 Å². The normalized spacial score (nSPS) is 12.5. The maximum atomic E-state index is 9.42. The number of likely N-dealkylation sites (N-methyl/N-ethyl adjacent to an activating group) is 1. The van der Waals surface area contributed by atoms with Crippen molar-refractivity contribution in [2.24, 2.45) is 0 Å². The van der Waals surface area contributed by atoms with Gasteiger partial charge in [0.2, 0.25) is 0 Å². The van der Waals surface area contributed by atoms with E-state index in [0.717, 1.165) is 4.47 Å². The van der Waals surface area contributed by atoms with Crippen molar-refractivity contribution in [2.45, 2.75) is 6.10 Å². The largest absolute Gasteiger partial charge is 0.489 e. The van der Waals surface area contributed by atoms with Gasteiger partial charge in [-0.2, -0.15) is 0 Å². The van der Waals surface area contributed by atoms with Crippen LogP contribution >= 0.6 is 27.5 Å². The van der Waals surface area contributed by atoms with Gasteiger partial charge in [-0.3, -0.25) is 0 Å². The highest BCUT2D eigenvalue weighted by Crippen LogP contribution is 2.27. The lowest BCUT2D eigenvalue weighted by Gasteiger charge is -2.12. The first-order chi connectivity index (χ1) is 7.13. The number of benzene rings is 1. The molecule has 0 aliphatic heterocycles. The number of hydrogen-bond donors (Lipinski definition) is 2. The van der Waals surface area contributed by atoms with Gasteiger partial charge in [0, 0.05) is 11.0 Å². The Bertz CT molecular complexity index is 322. The third-order valence-corrected chi connectivity index (χ3v) is 2.55. The zero-order valence-electron chi connectivity index (χ0n) is 8.34. The highest BCUT2D eigenvalue weighted by Gasteiger charge is 2.06. The van der Waals surface area contributed by atoms with Crippen LogP contribution in [0.5, 0.6) is 5.75 Å². The molecule has 3 nitrogen and oxygen atoms in total. The number of aliphatic hydroxyl groups excluding tert-OH is 1. The summed E-state index contributed by atoms with van der Waals surface area (Å²) >= 11 is 9.24. The van der Waals surface area contributed by atoms with E-state index >= 15 is 0 Å². The summed E-state index contributed by atoms with van der Waals surface area (Å²) in [6, 6.07) is 5.35. The number of halogens is 2. The van der Waals surface area contributed by atoms with E-state index in [-0.39, 0.29) is 6.61 Å². The van der Waals surface area contributed by atoms with Crippen molar-refractivity contribution in [2.75, 3.05) is 20.2 Å². The Hall–Kier alpha value is -0.290. The van der Waals surface area contributed by atoms with Crippen LogP contribution in [-0.2, 0) is 0 Å². The lowest BCUT2D eigenvalue weighted by molar-refractivity contribution is 0.108. The summed E-state index contributed by atoms with van der Waals surface area (Å²) in [4.78, 5) is 0. The molecule has 0 radical (unpaired) electrons. The molecule has 0 fully saturated rings. The van der Waals surface area contributed by atoms with E-state index in [1.165, 1.54) is 0 Å². The fourth-order valence-electron chi connectivity index (χ4n) is 1.07. The van der Waals surface area contributed by atoms with Crippen LogP contribution in [-0.4, -0.2) is 31.4 Å². The first kappa shape index (κ1) is 12.8. The quantitative estimate of drug-likeness (QED) is 0.873. The molecule has 1 rings (SSSR count). The minimum atomic E-state index is -0.533. The standard InChI is InChI=1S/C10H13BrClNO2/c1-13-5-8(14)6-15-10-3-2-7(11)4-9(10)12/h2-4,8,13-14H,5-6H2,1H3. The number of nitrogens with one attached hydrogen (secondary N) is 1. The van der Waals surface area contributed by atoms with Gasteiger partial charge in [-0.1, -0.05) is 27.5 Å². The molecule has 1 aromatic rings. The average molecular weight is 295 g/mol. The third-order valence-electron chi connectivity index (χ3n) is 1.76. The first-order valence-corrected chi connectivity index (χ1v) is 5.71. The van der Waals surface area contributed by atoms with Crippen LogP contribution in [0.1, 0.15) is 0 Å². The first-order valence-electron chi connectivity index (χ1n) is 4.54. The van der Waals surface area contributed by atoms with Gasteiger partial charge in [0.25, 0.3) is 0 Å². The Morgan fingerprint density at radius 1 is 1.60 bits per heavy atom. The summed E-state index contributed by atoms with van der Waals surface area (Å²) in [5.41, 5.74) is 0. The van der Waals surface area contributed by atoms with Crippen LogP contribution < -0.4 is 10.1 Å². The van der Waals surface area contributed by atoms with E-state index in [9.17, 15) is 5.11 Å². The van der Waals surface area contributed by atoms with Gasteiger partial charge in [-0.05, 0) is 25.2 Å². The monoisotopic (exact) mass is 293 g/mol. The maximum Gasteiger partial charge on any atom is 0.138 e. The molecule has 84 valence electrons. The fraction of sp³-hybridized carbons (Fsp3) is 0.400. The van der Waals surface area contributed by atoms with E-state index in [1.807, 2.05) is 6.07 Å². The van der Waals surface area contributed by atoms with Crippen molar-refractivity contribution in [1.29, 1.82) is 0 Å². The van der Waals surface area contributed by atoms with Crippen molar-refractivity contribution in [3.8, 4) is 5.75 Å². The number of aliphatic hydroxyl groups is 1. The second-order valence-corrected chi connectivity index (χ2v) is 4.42. The maximum absolute atomic E-state index is 9.42. The van der Waals surface area contributed by atoms with Gasteiger partial charge < -0.3 is 15.2 Å². The summed E-state index contributed by atoms with van der Waals surface area (Å²) in [5, 5.41) is 12.8. The Kier molecular flexibility index (Phi) is 5.39.